The highest BCUT2D eigenvalue weighted by Gasteiger charge is 2.24. The second kappa shape index (κ2) is 7.83. The van der Waals surface area contributed by atoms with Crippen LogP contribution in [0.5, 0.6) is 5.75 Å². The van der Waals surface area contributed by atoms with E-state index in [4.69, 9.17) is 4.74 Å². The van der Waals surface area contributed by atoms with E-state index in [2.05, 4.69) is 15.3 Å². The van der Waals surface area contributed by atoms with Gasteiger partial charge in [0.05, 0.1) is 13.5 Å². The van der Waals surface area contributed by atoms with Gasteiger partial charge in [-0.1, -0.05) is 18.2 Å². The van der Waals surface area contributed by atoms with Gasteiger partial charge in [-0.05, 0) is 18.9 Å². The summed E-state index contributed by atoms with van der Waals surface area (Å²) >= 11 is 0. The number of methoxy groups -OCH3 is 1. The molecule has 0 unspecified atom stereocenters. The number of hydrogen-bond donors (Lipinski definition) is 2. The second-order valence-electron chi connectivity index (χ2n) is 6.08. The van der Waals surface area contributed by atoms with E-state index in [9.17, 15) is 9.59 Å². The summed E-state index contributed by atoms with van der Waals surface area (Å²) in [6.07, 6.45) is 5.14. The number of nitrogens with one attached hydrogen (secondary N) is 2. The maximum absolute atomic E-state index is 12.4. The topological polar surface area (TPSA) is 87.3 Å². The third-order valence-corrected chi connectivity index (χ3v) is 4.32. The number of carbonyl (C=O) groups is 1. The molecule has 1 aromatic carbocycles. The lowest BCUT2D eigenvalue weighted by atomic mass is 10.0. The number of aromatic amines is 1. The van der Waals surface area contributed by atoms with Crippen LogP contribution in [0.15, 0.2) is 41.5 Å². The Balaban J connectivity index is 1.62. The smallest absolute Gasteiger partial charge is 0.290 e. The van der Waals surface area contributed by atoms with Crippen molar-refractivity contribution in [3.63, 3.8) is 0 Å². The van der Waals surface area contributed by atoms with Gasteiger partial charge >= 0.3 is 0 Å². The molecule has 1 amide bonds. The van der Waals surface area contributed by atoms with Gasteiger partial charge in [-0.15, -0.1) is 0 Å². The monoisotopic (exact) mass is 342 g/mol. The van der Waals surface area contributed by atoms with E-state index < -0.39 is 0 Å². The van der Waals surface area contributed by atoms with Crippen LogP contribution in [0.2, 0.25) is 0 Å². The Hall–Kier alpha value is -2.83. The molecule has 0 aliphatic carbocycles. The molecule has 1 aliphatic heterocycles. The maximum atomic E-state index is 12.4. The summed E-state index contributed by atoms with van der Waals surface area (Å²) < 4.78 is 5.29. The molecule has 7 nitrogen and oxygen atoms in total. The van der Waals surface area contributed by atoms with Crippen LogP contribution in [0, 0.1) is 0 Å². The molecular weight excluding hydrogens is 320 g/mol. The Kier molecular flexibility index (Phi) is 5.33. The quantitative estimate of drug-likeness (QED) is 0.850. The average molecular weight is 342 g/mol. The van der Waals surface area contributed by atoms with Crippen LogP contribution >= 0.6 is 0 Å². The number of H-pyrrole nitrogens is 1. The van der Waals surface area contributed by atoms with Crippen molar-refractivity contribution in [3.05, 3.63) is 52.6 Å². The van der Waals surface area contributed by atoms with E-state index in [1.807, 2.05) is 29.2 Å². The van der Waals surface area contributed by atoms with Gasteiger partial charge in [-0.25, -0.2) is 4.98 Å². The molecule has 132 valence electrons. The van der Waals surface area contributed by atoms with E-state index in [0.29, 0.717) is 18.1 Å². The predicted molar refractivity (Wildman–Crippen MR) is 94.9 cm³/mol. The second-order valence-corrected chi connectivity index (χ2v) is 6.08. The molecule has 2 N–H and O–H groups in total. The van der Waals surface area contributed by atoms with Gasteiger partial charge in [0.15, 0.2) is 5.82 Å². The Bertz CT molecular complexity index is 790. The van der Waals surface area contributed by atoms with Gasteiger partial charge in [-0.3, -0.25) is 9.59 Å². The Morgan fingerprint density at radius 3 is 3.08 bits per heavy atom. The summed E-state index contributed by atoms with van der Waals surface area (Å²) in [5.41, 5.74) is 0.653. The van der Waals surface area contributed by atoms with Gasteiger partial charge in [0.2, 0.25) is 5.91 Å². The van der Waals surface area contributed by atoms with E-state index in [-0.39, 0.29) is 23.9 Å². The largest absolute Gasteiger partial charge is 0.496 e. The molecule has 0 radical (unpaired) electrons. The van der Waals surface area contributed by atoms with E-state index in [1.165, 1.54) is 6.20 Å². The number of aromatic nitrogens is 2. The van der Waals surface area contributed by atoms with Gasteiger partial charge < -0.3 is 19.9 Å². The van der Waals surface area contributed by atoms with Crippen molar-refractivity contribution in [2.24, 2.45) is 0 Å². The van der Waals surface area contributed by atoms with Crippen LogP contribution in [-0.2, 0) is 11.2 Å². The van der Waals surface area contributed by atoms with Gasteiger partial charge in [0, 0.05) is 37.1 Å². The minimum absolute atomic E-state index is 0.00244. The van der Waals surface area contributed by atoms with Crippen molar-refractivity contribution in [1.29, 1.82) is 0 Å². The number of anilines is 1. The molecule has 7 heteroatoms. The third-order valence-electron chi connectivity index (χ3n) is 4.32. The van der Waals surface area contributed by atoms with Crippen molar-refractivity contribution in [1.82, 2.24) is 15.3 Å². The molecule has 2 heterocycles. The normalized spacial score (nSPS) is 17.2. The summed E-state index contributed by atoms with van der Waals surface area (Å²) in [4.78, 5) is 33.0. The summed E-state index contributed by atoms with van der Waals surface area (Å²) in [6, 6.07) is 7.50. The first-order valence-electron chi connectivity index (χ1n) is 8.37. The fourth-order valence-electron chi connectivity index (χ4n) is 3.16. The highest BCUT2D eigenvalue weighted by molar-refractivity contribution is 5.79. The predicted octanol–water partition coefficient (Wildman–Crippen LogP) is 1.11. The van der Waals surface area contributed by atoms with Crippen molar-refractivity contribution in [2.75, 3.05) is 25.1 Å². The number of hydrogen-bond acceptors (Lipinski definition) is 5. The maximum Gasteiger partial charge on any atom is 0.290 e. The highest BCUT2D eigenvalue weighted by atomic mass is 16.5. The van der Waals surface area contributed by atoms with Gasteiger partial charge in [0.25, 0.3) is 5.56 Å². The zero-order valence-electron chi connectivity index (χ0n) is 14.2. The zero-order valence-corrected chi connectivity index (χ0v) is 14.2. The van der Waals surface area contributed by atoms with Crippen LogP contribution in [0.3, 0.4) is 0 Å². The number of para-hydroxylation sites is 1. The number of ether oxygens (including phenoxy) is 1. The number of piperidine rings is 1. The highest BCUT2D eigenvalue weighted by Crippen LogP contribution is 2.18. The van der Waals surface area contributed by atoms with Crippen LogP contribution < -0.4 is 20.5 Å². The standard InChI is InChI=1S/C18H22N4O3/c1-25-15-7-3-2-5-13(15)11-16(23)21-14-6-4-10-22(12-14)17-18(24)20-9-8-19-17/h2-3,5,7-9,14H,4,6,10-12H2,1H3,(H,20,24)(H,21,23)/t14-/m0/s1. The first-order chi connectivity index (χ1) is 12.2. The van der Waals surface area contributed by atoms with Crippen LogP contribution in [0.4, 0.5) is 5.82 Å². The van der Waals surface area contributed by atoms with Crippen LogP contribution in [0.25, 0.3) is 0 Å². The number of rotatable bonds is 5. The fraction of sp³-hybridized carbons (Fsp3) is 0.389. The van der Waals surface area contributed by atoms with Gasteiger partial charge in [0.1, 0.15) is 5.75 Å². The summed E-state index contributed by atoms with van der Waals surface area (Å²) in [5.74, 6) is 1.07. The lowest BCUT2D eigenvalue weighted by Crippen LogP contribution is -2.49. The number of amides is 1. The van der Waals surface area contributed by atoms with Crippen molar-refractivity contribution in [2.45, 2.75) is 25.3 Å². The first kappa shape index (κ1) is 17.0. The molecule has 1 aliphatic rings. The Morgan fingerprint density at radius 2 is 2.28 bits per heavy atom. The molecule has 0 bridgehead atoms. The van der Waals surface area contributed by atoms with Crippen molar-refractivity contribution < 1.29 is 9.53 Å². The zero-order chi connectivity index (χ0) is 17.6. The molecule has 1 fully saturated rings. The van der Waals surface area contributed by atoms with Crippen LogP contribution in [0.1, 0.15) is 18.4 Å². The minimum atomic E-state index is -0.205. The molecule has 2 aromatic rings. The molecule has 0 spiro atoms. The van der Waals surface area contributed by atoms with E-state index >= 15 is 0 Å². The lowest BCUT2D eigenvalue weighted by Gasteiger charge is -2.33. The fourth-order valence-corrected chi connectivity index (χ4v) is 3.16. The van der Waals surface area contributed by atoms with E-state index in [1.54, 1.807) is 13.3 Å². The molecule has 1 atom stereocenters. The van der Waals surface area contributed by atoms with E-state index in [0.717, 1.165) is 24.9 Å². The average Bonchev–Trinajstić information content (AvgIpc) is 2.62. The summed E-state index contributed by atoms with van der Waals surface area (Å²) in [5, 5.41) is 3.06. The molecule has 1 aromatic heterocycles. The minimum Gasteiger partial charge on any atom is -0.496 e. The van der Waals surface area contributed by atoms with Crippen LogP contribution in [-0.4, -0.2) is 42.1 Å². The Morgan fingerprint density at radius 1 is 1.44 bits per heavy atom. The van der Waals surface area contributed by atoms with Crippen molar-refractivity contribution in [3.8, 4) is 5.75 Å². The molecule has 3 rings (SSSR count). The number of benzene rings is 1. The summed E-state index contributed by atoms with van der Waals surface area (Å²) in [7, 11) is 1.60. The van der Waals surface area contributed by atoms with Gasteiger partial charge in [-0.2, -0.15) is 0 Å². The van der Waals surface area contributed by atoms with Crippen molar-refractivity contribution >= 4 is 11.7 Å². The lowest BCUT2D eigenvalue weighted by molar-refractivity contribution is -0.121. The first-order valence-corrected chi connectivity index (χ1v) is 8.37. The molecular formula is C18H22N4O3. The molecule has 0 saturated carbocycles. The summed E-state index contributed by atoms with van der Waals surface area (Å²) in [6.45, 7) is 1.34. The third kappa shape index (κ3) is 4.17. The molecule has 1 saturated heterocycles. The molecule has 25 heavy (non-hydrogen) atoms. The SMILES string of the molecule is COc1ccccc1CC(=O)N[C@H]1CCCN(c2ncc[nH]c2=O)C1. The number of nitrogens with zero attached hydrogens (tertiary/aromatic N) is 2. The Labute approximate surface area is 146 Å². The number of carbonyl (C=O) groups excluding carboxylic acids is 1.